The third-order valence-corrected chi connectivity index (χ3v) is 6.32. The van der Waals surface area contributed by atoms with Gasteiger partial charge in [0.05, 0.1) is 0 Å². The number of hydrogen-bond acceptors (Lipinski definition) is 2. The van der Waals surface area contributed by atoms with Crippen LogP contribution in [0.25, 0.3) is 5.09 Å². The number of benzene rings is 3. The van der Waals surface area contributed by atoms with E-state index in [1.54, 1.807) is 0 Å². The van der Waals surface area contributed by atoms with Crippen LogP contribution in [0.1, 0.15) is 25.7 Å². The van der Waals surface area contributed by atoms with Crippen molar-refractivity contribution in [3.63, 3.8) is 0 Å². The molecule has 2 fully saturated rings. The van der Waals surface area contributed by atoms with E-state index in [9.17, 15) is 0 Å². The summed E-state index contributed by atoms with van der Waals surface area (Å²) in [6.45, 7) is 4.00. The molecule has 33 heavy (non-hydrogen) atoms. The van der Waals surface area contributed by atoms with E-state index in [-0.39, 0.29) is 40.0 Å². The van der Waals surface area contributed by atoms with Crippen LogP contribution in [0, 0.1) is 0 Å². The molecule has 0 spiro atoms. The molecule has 0 aliphatic carbocycles. The summed E-state index contributed by atoms with van der Waals surface area (Å²) in [5.74, 6) is 0. The molecule has 1 N–H and O–H groups in total. The summed E-state index contributed by atoms with van der Waals surface area (Å²) in [4.78, 5) is 0. The Labute approximate surface area is 225 Å². The minimum atomic E-state index is -0.833. The Morgan fingerprint density at radius 2 is 1.03 bits per heavy atom. The van der Waals surface area contributed by atoms with Gasteiger partial charge >= 0.3 is 30.9 Å². The second kappa shape index (κ2) is 19.1. The summed E-state index contributed by atoms with van der Waals surface area (Å²) >= 11 is 0. The van der Waals surface area contributed by atoms with Crippen LogP contribution in [0.3, 0.4) is 0 Å². The molecule has 2 aliphatic rings. The van der Waals surface area contributed by atoms with E-state index in [0.717, 1.165) is 37.8 Å². The predicted octanol–water partition coefficient (Wildman–Crippen LogP) is 2.23. The average molecular weight is 540 g/mol. The van der Waals surface area contributed by atoms with E-state index in [1.807, 2.05) is 54.6 Å². The number of hydrogen-bond donors (Lipinski definition) is 1. The van der Waals surface area contributed by atoms with Crippen molar-refractivity contribution < 1.29 is 31.2 Å². The number of nitrogens with one attached hydrogen (secondary N) is 1. The minimum Gasteiger partial charge on any atom is -1.00 e. The molecule has 1 atom stereocenters. The van der Waals surface area contributed by atoms with Gasteiger partial charge in [-0.15, -0.1) is 0 Å². The Morgan fingerprint density at radius 3 is 1.45 bits per heavy atom. The van der Waals surface area contributed by atoms with Crippen LogP contribution in [0.5, 0.6) is 0 Å². The van der Waals surface area contributed by atoms with Crippen molar-refractivity contribution in [2.75, 3.05) is 26.4 Å². The Kier molecular flexibility index (Phi) is 17.2. The first-order valence-electron chi connectivity index (χ1n) is 11.0. The first-order valence-corrected chi connectivity index (χ1v) is 12.3. The van der Waals surface area contributed by atoms with Gasteiger partial charge in [-0.3, -0.25) is 0 Å². The molecule has 0 bridgehead atoms. The van der Waals surface area contributed by atoms with Crippen molar-refractivity contribution in [3.05, 3.63) is 96.1 Å². The minimum absolute atomic E-state index is 0. The first-order chi connectivity index (χ1) is 15.4. The maximum absolute atomic E-state index is 4.94. The Morgan fingerprint density at radius 1 is 0.606 bits per heavy atom. The molecule has 3 aromatic carbocycles. The number of para-hydroxylation sites is 1. The van der Waals surface area contributed by atoms with Gasteiger partial charge in [0.2, 0.25) is 11.0 Å². The van der Waals surface area contributed by atoms with Crippen molar-refractivity contribution in [2.24, 2.45) is 0 Å². The van der Waals surface area contributed by atoms with Crippen LogP contribution in [-0.2, 0) is 9.47 Å². The van der Waals surface area contributed by atoms with Crippen molar-refractivity contribution in [1.29, 1.82) is 0 Å². The van der Waals surface area contributed by atoms with Crippen LogP contribution in [0.15, 0.2) is 91.0 Å². The van der Waals surface area contributed by atoms with Gasteiger partial charge in [0, 0.05) is 38.6 Å². The number of ether oxygens (including phenoxy) is 2. The standard InChI is InChI=1S/C18H15N2P.2C4H8O.BrH.Mg/c1-4-10-16(11-5-1)19-21(18-14-8-3-9-15-18)20-17-12-6-2-7-13-17;2*1-2-4-5-3-1;;/h1-15H;2*1-4H2;1H;/q;;;;+2. The zero-order valence-electron chi connectivity index (χ0n) is 19.1. The number of halogens is 1. The topological polar surface area (TPSA) is 46.5 Å². The third kappa shape index (κ3) is 12.7. The van der Waals surface area contributed by atoms with E-state index < -0.39 is 7.86 Å². The van der Waals surface area contributed by atoms with Crippen LogP contribution >= 0.6 is 7.86 Å². The normalized spacial score (nSPS) is 14.4. The smallest absolute Gasteiger partial charge is 1.00 e. The largest absolute Gasteiger partial charge is 2.00 e. The summed E-state index contributed by atoms with van der Waals surface area (Å²) in [7, 11) is -0.833. The molecule has 4 nitrogen and oxygen atoms in total. The van der Waals surface area contributed by atoms with Gasteiger partial charge < -0.3 is 31.5 Å². The summed E-state index contributed by atoms with van der Waals surface area (Å²) in [6, 6.07) is 30.7. The molecular weight excluding hydrogens is 507 g/mol. The molecule has 3 aromatic rings. The van der Waals surface area contributed by atoms with E-state index in [0.29, 0.717) is 0 Å². The summed E-state index contributed by atoms with van der Waals surface area (Å²) in [5, 5.41) is 6.09. The quantitative estimate of drug-likeness (QED) is 0.408. The van der Waals surface area contributed by atoms with Crippen LogP contribution in [0.2, 0.25) is 0 Å². The van der Waals surface area contributed by atoms with Crippen LogP contribution in [0.4, 0.5) is 11.4 Å². The fourth-order valence-corrected chi connectivity index (χ4v) is 4.49. The summed E-state index contributed by atoms with van der Waals surface area (Å²) in [6.07, 6.45) is 5.11. The molecule has 5 rings (SSSR count). The Balaban J connectivity index is 0.000000375. The molecule has 0 aromatic heterocycles. The van der Waals surface area contributed by atoms with Gasteiger partial charge in [-0.2, -0.15) is 0 Å². The molecule has 0 amide bonds. The zero-order chi connectivity index (χ0) is 21.4. The molecule has 170 valence electrons. The number of nitrogens with zero attached hydrogens (tertiary/aromatic N) is 1. The molecule has 2 saturated heterocycles. The Bertz CT molecular complexity index is 853. The molecule has 7 heteroatoms. The second-order valence-corrected chi connectivity index (χ2v) is 8.76. The Hall–Kier alpha value is -1.27. The molecule has 0 radical (unpaired) electrons. The van der Waals surface area contributed by atoms with Crippen molar-refractivity contribution >= 4 is 47.6 Å². The van der Waals surface area contributed by atoms with Crippen molar-refractivity contribution in [2.45, 2.75) is 25.7 Å². The van der Waals surface area contributed by atoms with Crippen LogP contribution < -0.4 is 27.0 Å². The van der Waals surface area contributed by atoms with Gasteiger partial charge in [0.15, 0.2) is 0 Å². The van der Waals surface area contributed by atoms with Crippen molar-refractivity contribution in [1.82, 2.24) is 0 Å². The van der Waals surface area contributed by atoms with E-state index in [4.69, 9.17) is 14.6 Å². The molecular formula is C26H32BrMgN2O2P+2. The molecule has 1 unspecified atom stereocenters. The van der Waals surface area contributed by atoms with Gasteiger partial charge in [-0.1, -0.05) is 77.2 Å². The van der Waals surface area contributed by atoms with Crippen molar-refractivity contribution in [3.8, 4) is 0 Å². The number of rotatable bonds is 4. The maximum Gasteiger partial charge on any atom is 2.00 e. The zero-order valence-corrected chi connectivity index (χ0v) is 23.0. The van der Waals surface area contributed by atoms with Gasteiger partial charge in [-0.25, -0.2) is 0 Å². The van der Waals surface area contributed by atoms with Gasteiger partial charge in [0.25, 0.3) is 0 Å². The third-order valence-electron chi connectivity index (χ3n) is 4.64. The maximum atomic E-state index is 4.94. The summed E-state index contributed by atoms with van der Waals surface area (Å²) < 4.78 is 13.4. The molecule has 0 saturated carbocycles. The summed E-state index contributed by atoms with van der Waals surface area (Å²) in [5.41, 5.74) is 2.09. The van der Waals surface area contributed by atoms with Gasteiger partial charge in [-0.05, 0) is 37.8 Å². The SMILES string of the molecule is C1CCOC1.C1CCOC1.[Br-].[Mg+2].c1ccc([N-][P+](=[NH+]c2ccccc2)c2ccccc2)cc1. The molecule has 2 aliphatic heterocycles. The van der Waals surface area contributed by atoms with Crippen LogP contribution in [-0.4, -0.2) is 49.5 Å². The van der Waals surface area contributed by atoms with E-state index in [2.05, 4.69) is 41.1 Å². The van der Waals surface area contributed by atoms with E-state index in [1.165, 1.54) is 31.0 Å². The predicted molar refractivity (Wildman–Crippen MR) is 135 cm³/mol. The average Bonchev–Trinajstić information content (AvgIpc) is 3.60. The monoisotopic (exact) mass is 538 g/mol. The second-order valence-electron chi connectivity index (χ2n) is 7.20. The fraction of sp³-hybridized carbons (Fsp3) is 0.308. The first kappa shape index (κ1) is 29.8. The van der Waals surface area contributed by atoms with Gasteiger partial charge in [0.1, 0.15) is 0 Å². The molecule has 2 heterocycles. The van der Waals surface area contributed by atoms with E-state index >= 15 is 0 Å². The fourth-order valence-electron chi connectivity index (χ4n) is 2.98.